The van der Waals surface area contributed by atoms with Crippen molar-refractivity contribution in [2.24, 2.45) is 0 Å². The van der Waals surface area contributed by atoms with Crippen LogP contribution in [0.4, 0.5) is 13.2 Å². The Balaban J connectivity index is 3.71. The van der Waals surface area contributed by atoms with E-state index in [0.717, 1.165) is 19.9 Å². The molecule has 0 fully saturated rings. The number of nitrogens with one attached hydrogen (secondary N) is 1. The van der Waals surface area contributed by atoms with Crippen LogP contribution >= 0.6 is 0 Å². The van der Waals surface area contributed by atoms with Gasteiger partial charge in [-0.1, -0.05) is 0 Å². The minimum atomic E-state index is -4.27. The quantitative estimate of drug-likeness (QED) is 0.733. The maximum absolute atomic E-state index is 12.2. The number of halogens is 3. The van der Waals surface area contributed by atoms with Crippen molar-refractivity contribution in [3.63, 3.8) is 0 Å². The van der Waals surface area contributed by atoms with E-state index in [4.69, 9.17) is 4.74 Å². The highest BCUT2D eigenvalue weighted by Gasteiger charge is 2.37. The first-order valence-electron chi connectivity index (χ1n) is 5.99. The minimum Gasteiger partial charge on any atom is -0.366 e. The van der Waals surface area contributed by atoms with Crippen LogP contribution in [-0.2, 0) is 4.74 Å². The van der Waals surface area contributed by atoms with Crippen molar-refractivity contribution in [1.82, 2.24) is 5.32 Å². The van der Waals surface area contributed by atoms with Crippen molar-refractivity contribution in [3.8, 4) is 0 Å². The summed E-state index contributed by atoms with van der Waals surface area (Å²) >= 11 is 0. The Bertz CT molecular complexity index is 211. The van der Waals surface area contributed by atoms with Crippen molar-refractivity contribution in [2.75, 3.05) is 6.54 Å². The van der Waals surface area contributed by atoms with Gasteiger partial charge in [0, 0.05) is 5.54 Å². The van der Waals surface area contributed by atoms with E-state index < -0.39 is 12.3 Å². The van der Waals surface area contributed by atoms with Gasteiger partial charge in [-0.3, -0.25) is 0 Å². The van der Waals surface area contributed by atoms with E-state index >= 15 is 0 Å². The number of hydrogen-bond acceptors (Lipinski definition) is 2. The van der Waals surface area contributed by atoms with E-state index in [1.54, 1.807) is 6.92 Å². The Kier molecular flexibility index (Phi) is 6.48. The molecule has 0 rings (SSSR count). The van der Waals surface area contributed by atoms with E-state index in [0.29, 0.717) is 6.42 Å². The molecule has 0 aromatic heterocycles. The van der Waals surface area contributed by atoms with Crippen LogP contribution in [0, 0.1) is 0 Å². The third-order valence-corrected chi connectivity index (χ3v) is 2.34. The molecule has 0 aliphatic heterocycles. The summed E-state index contributed by atoms with van der Waals surface area (Å²) in [6.45, 7) is 9.68. The van der Waals surface area contributed by atoms with Crippen LogP contribution in [0.5, 0.6) is 0 Å². The molecule has 2 atom stereocenters. The molecule has 0 bridgehead atoms. The SMILES string of the molecule is CC(CCCNC(C)(C)C)OC(C)C(F)(F)F. The summed E-state index contributed by atoms with van der Waals surface area (Å²) in [5.74, 6) is 0. The van der Waals surface area contributed by atoms with Gasteiger partial charge in [0.15, 0.2) is 6.10 Å². The first-order chi connectivity index (χ1) is 7.52. The fraction of sp³-hybridized carbons (Fsp3) is 1.00. The standard InChI is InChI=1S/C12H24F3NO/c1-9(17-10(2)12(13,14)15)7-6-8-16-11(3,4)5/h9-10,16H,6-8H2,1-5H3. The van der Waals surface area contributed by atoms with Crippen molar-refractivity contribution in [3.05, 3.63) is 0 Å². The highest BCUT2D eigenvalue weighted by atomic mass is 19.4. The lowest BCUT2D eigenvalue weighted by Crippen LogP contribution is -2.37. The molecule has 17 heavy (non-hydrogen) atoms. The zero-order valence-corrected chi connectivity index (χ0v) is 11.3. The minimum absolute atomic E-state index is 0.0450. The molecular formula is C12H24F3NO. The summed E-state index contributed by atoms with van der Waals surface area (Å²) in [7, 11) is 0. The Hall–Kier alpha value is -0.290. The highest BCUT2D eigenvalue weighted by Crippen LogP contribution is 2.24. The van der Waals surface area contributed by atoms with Gasteiger partial charge in [0.05, 0.1) is 6.10 Å². The van der Waals surface area contributed by atoms with E-state index in [1.807, 2.05) is 0 Å². The lowest BCUT2D eigenvalue weighted by Gasteiger charge is -2.23. The maximum atomic E-state index is 12.2. The second-order valence-corrected chi connectivity index (χ2v) is 5.45. The molecule has 0 spiro atoms. The molecule has 0 aliphatic rings. The van der Waals surface area contributed by atoms with Crippen LogP contribution in [0.25, 0.3) is 0 Å². The van der Waals surface area contributed by atoms with Gasteiger partial charge in [0.2, 0.25) is 0 Å². The lowest BCUT2D eigenvalue weighted by molar-refractivity contribution is -0.225. The van der Waals surface area contributed by atoms with Crippen LogP contribution < -0.4 is 5.32 Å². The van der Waals surface area contributed by atoms with Gasteiger partial charge >= 0.3 is 6.18 Å². The Morgan fingerprint density at radius 2 is 1.65 bits per heavy atom. The van der Waals surface area contributed by atoms with Gasteiger partial charge in [0.1, 0.15) is 0 Å². The molecule has 0 radical (unpaired) electrons. The first kappa shape index (κ1) is 16.7. The molecule has 1 N–H and O–H groups in total. The Morgan fingerprint density at radius 3 is 2.06 bits per heavy atom. The summed E-state index contributed by atoms with van der Waals surface area (Å²) < 4.78 is 41.5. The Morgan fingerprint density at radius 1 is 1.12 bits per heavy atom. The predicted molar refractivity (Wildman–Crippen MR) is 63.1 cm³/mol. The van der Waals surface area contributed by atoms with E-state index in [9.17, 15) is 13.2 Å². The molecule has 0 amide bonds. The van der Waals surface area contributed by atoms with E-state index in [-0.39, 0.29) is 11.6 Å². The molecule has 0 aromatic rings. The summed E-state index contributed by atoms with van der Waals surface area (Å²) in [5.41, 5.74) is 0.0450. The van der Waals surface area contributed by atoms with Crippen molar-refractivity contribution < 1.29 is 17.9 Å². The van der Waals surface area contributed by atoms with Crippen molar-refractivity contribution in [1.29, 1.82) is 0 Å². The van der Waals surface area contributed by atoms with Gasteiger partial charge in [-0.25, -0.2) is 0 Å². The molecule has 0 saturated carbocycles. The number of hydrogen-bond donors (Lipinski definition) is 1. The molecule has 0 heterocycles. The molecule has 2 unspecified atom stereocenters. The van der Waals surface area contributed by atoms with Gasteiger partial charge in [0.25, 0.3) is 0 Å². The molecule has 0 aromatic carbocycles. The fourth-order valence-corrected chi connectivity index (χ4v) is 1.35. The van der Waals surface area contributed by atoms with Gasteiger partial charge in [-0.05, 0) is 54.0 Å². The molecule has 104 valence electrons. The third-order valence-electron chi connectivity index (χ3n) is 2.34. The van der Waals surface area contributed by atoms with Crippen LogP contribution in [-0.4, -0.2) is 30.5 Å². The fourth-order valence-electron chi connectivity index (χ4n) is 1.35. The highest BCUT2D eigenvalue weighted by molar-refractivity contribution is 4.70. The molecule has 0 aliphatic carbocycles. The first-order valence-corrected chi connectivity index (χ1v) is 5.99. The summed E-state index contributed by atoms with van der Waals surface area (Å²) in [6, 6.07) is 0. The zero-order valence-electron chi connectivity index (χ0n) is 11.3. The van der Waals surface area contributed by atoms with Crippen LogP contribution in [0.3, 0.4) is 0 Å². The monoisotopic (exact) mass is 255 g/mol. The van der Waals surface area contributed by atoms with E-state index in [1.165, 1.54) is 0 Å². The Labute approximate surface area is 102 Å². The number of alkyl halides is 3. The zero-order chi connectivity index (χ0) is 13.7. The van der Waals surface area contributed by atoms with Crippen LogP contribution in [0.2, 0.25) is 0 Å². The summed E-state index contributed by atoms with van der Waals surface area (Å²) in [5, 5.41) is 3.28. The third kappa shape index (κ3) is 9.41. The molecule has 0 saturated heterocycles. The topological polar surface area (TPSA) is 21.3 Å². The smallest absolute Gasteiger partial charge is 0.366 e. The second kappa shape index (κ2) is 6.59. The molecule has 2 nitrogen and oxygen atoms in total. The molecule has 5 heteroatoms. The normalized spacial score (nSPS) is 16.9. The average molecular weight is 255 g/mol. The predicted octanol–water partition coefficient (Wildman–Crippen LogP) is 3.51. The van der Waals surface area contributed by atoms with Gasteiger partial charge in [-0.2, -0.15) is 13.2 Å². The average Bonchev–Trinajstić information content (AvgIpc) is 2.09. The van der Waals surface area contributed by atoms with E-state index in [2.05, 4.69) is 26.1 Å². The lowest BCUT2D eigenvalue weighted by atomic mass is 10.1. The number of rotatable bonds is 6. The van der Waals surface area contributed by atoms with Gasteiger partial charge in [-0.15, -0.1) is 0 Å². The summed E-state index contributed by atoms with van der Waals surface area (Å²) in [4.78, 5) is 0. The second-order valence-electron chi connectivity index (χ2n) is 5.45. The number of ether oxygens (including phenoxy) is 1. The summed E-state index contributed by atoms with van der Waals surface area (Å²) in [6.07, 6.45) is -4.88. The van der Waals surface area contributed by atoms with Crippen LogP contribution in [0.15, 0.2) is 0 Å². The van der Waals surface area contributed by atoms with Gasteiger partial charge < -0.3 is 10.1 Å². The van der Waals surface area contributed by atoms with Crippen molar-refractivity contribution in [2.45, 2.75) is 71.4 Å². The maximum Gasteiger partial charge on any atom is 0.414 e. The van der Waals surface area contributed by atoms with Crippen LogP contribution in [0.1, 0.15) is 47.5 Å². The largest absolute Gasteiger partial charge is 0.414 e. The molecular weight excluding hydrogens is 231 g/mol. The van der Waals surface area contributed by atoms with Crippen molar-refractivity contribution >= 4 is 0 Å².